The minimum atomic E-state index is -1.08. The van der Waals surface area contributed by atoms with Gasteiger partial charge in [-0.3, -0.25) is 24.6 Å². The summed E-state index contributed by atoms with van der Waals surface area (Å²) in [7, 11) is 0. The van der Waals surface area contributed by atoms with Crippen LogP contribution in [0.1, 0.15) is 12.5 Å². The second-order valence-electron chi connectivity index (χ2n) is 6.71. The monoisotopic (exact) mass is 381 g/mol. The Hall–Kier alpha value is -3.19. The maximum atomic E-state index is 12.9. The number of hydrogen-bond acceptors (Lipinski definition) is 4. The fraction of sp³-hybridized carbons (Fsp3) is 0.286. The molecule has 28 heavy (non-hydrogen) atoms. The lowest BCUT2D eigenvalue weighted by Crippen LogP contribution is -2.50. The highest BCUT2D eigenvalue weighted by atomic mass is 16.4. The number of rotatable bonds is 8. The SMILES string of the molecule is C[C@@H](C(=O)NCCc1ccccc1)N(C(=O)[C@@H]1N[C@H]1C(=O)O)c1ccccc1. The number of aliphatic carboxylic acids is 1. The van der Waals surface area contributed by atoms with E-state index in [2.05, 4.69) is 10.6 Å². The number of anilines is 1. The third-order valence-corrected chi connectivity index (χ3v) is 4.71. The number of carboxylic acid groups (broad SMARTS) is 1. The van der Waals surface area contributed by atoms with Gasteiger partial charge in [-0.15, -0.1) is 0 Å². The zero-order valence-electron chi connectivity index (χ0n) is 15.5. The summed E-state index contributed by atoms with van der Waals surface area (Å²) in [5.74, 6) is -1.80. The van der Waals surface area contributed by atoms with Crippen molar-refractivity contribution in [1.82, 2.24) is 10.6 Å². The minimum Gasteiger partial charge on any atom is -0.480 e. The van der Waals surface area contributed by atoms with E-state index in [4.69, 9.17) is 5.11 Å². The Labute approximate surface area is 163 Å². The van der Waals surface area contributed by atoms with Crippen molar-refractivity contribution in [1.29, 1.82) is 0 Å². The fourth-order valence-corrected chi connectivity index (χ4v) is 3.09. The number of amides is 2. The van der Waals surface area contributed by atoms with E-state index in [1.807, 2.05) is 36.4 Å². The van der Waals surface area contributed by atoms with Gasteiger partial charge in [0.15, 0.2) is 0 Å². The van der Waals surface area contributed by atoms with E-state index in [0.717, 1.165) is 5.56 Å². The molecule has 0 bridgehead atoms. The summed E-state index contributed by atoms with van der Waals surface area (Å²) in [6.45, 7) is 2.09. The van der Waals surface area contributed by atoms with E-state index < -0.39 is 30.0 Å². The molecule has 1 heterocycles. The molecule has 0 radical (unpaired) electrons. The molecule has 2 aromatic rings. The van der Waals surface area contributed by atoms with Gasteiger partial charge in [-0.05, 0) is 31.0 Å². The van der Waals surface area contributed by atoms with Crippen LogP contribution in [-0.4, -0.2) is 47.6 Å². The molecule has 0 unspecified atom stereocenters. The summed E-state index contributed by atoms with van der Waals surface area (Å²) in [5, 5.41) is 14.6. The summed E-state index contributed by atoms with van der Waals surface area (Å²) < 4.78 is 0. The van der Waals surface area contributed by atoms with Gasteiger partial charge >= 0.3 is 5.97 Å². The molecule has 2 amide bonds. The van der Waals surface area contributed by atoms with Crippen LogP contribution in [0.3, 0.4) is 0 Å². The topological polar surface area (TPSA) is 109 Å². The van der Waals surface area contributed by atoms with Crippen molar-refractivity contribution in [2.75, 3.05) is 11.4 Å². The van der Waals surface area contributed by atoms with Crippen LogP contribution in [0.5, 0.6) is 0 Å². The smallest absolute Gasteiger partial charge is 0.322 e. The molecule has 0 saturated carbocycles. The number of hydrogen-bond donors (Lipinski definition) is 3. The molecule has 1 aliphatic heterocycles. The van der Waals surface area contributed by atoms with E-state index in [1.54, 1.807) is 31.2 Å². The van der Waals surface area contributed by atoms with Crippen LogP contribution in [0, 0.1) is 0 Å². The third-order valence-electron chi connectivity index (χ3n) is 4.71. The highest BCUT2D eigenvalue weighted by molar-refractivity contribution is 6.07. The second kappa shape index (κ2) is 8.67. The number of carbonyl (C=O) groups is 3. The number of nitrogens with one attached hydrogen (secondary N) is 2. The average Bonchev–Trinajstić information content (AvgIpc) is 3.51. The first-order valence-electron chi connectivity index (χ1n) is 9.17. The molecule has 1 saturated heterocycles. The lowest BCUT2D eigenvalue weighted by molar-refractivity contribution is -0.137. The van der Waals surface area contributed by atoms with Gasteiger partial charge in [-0.25, -0.2) is 0 Å². The van der Waals surface area contributed by atoms with Gasteiger partial charge in [-0.1, -0.05) is 48.5 Å². The van der Waals surface area contributed by atoms with Gasteiger partial charge in [0.25, 0.3) is 0 Å². The molecule has 7 nitrogen and oxygen atoms in total. The number of nitrogens with zero attached hydrogens (tertiary/aromatic N) is 1. The maximum absolute atomic E-state index is 12.9. The highest BCUT2D eigenvalue weighted by Crippen LogP contribution is 2.23. The van der Waals surface area contributed by atoms with Gasteiger partial charge in [-0.2, -0.15) is 0 Å². The molecule has 7 heteroatoms. The predicted octanol–water partition coefficient (Wildman–Crippen LogP) is 1.19. The van der Waals surface area contributed by atoms with Crippen molar-refractivity contribution in [2.24, 2.45) is 0 Å². The number of para-hydroxylation sites is 1. The molecule has 0 spiro atoms. The van der Waals surface area contributed by atoms with Crippen molar-refractivity contribution in [3.05, 3.63) is 66.2 Å². The van der Waals surface area contributed by atoms with Gasteiger partial charge < -0.3 is 10.4 Å². The zero-order valence-corrected chi connectivity index (χ0v) is 15.5. The molecule has 1 aliphatic rings. The quantitative estimate of drug-likeness (QED) is 0.595. The van der Waals surface area contributed by atoms with Crippen LogP contribution >= 0.6 is 0 Å². The van der Waals surface area contributed by atoms with Crippen molar-refractivity contribution < 1.29 is 19.5 Å². The van der Waals surface area contributed by atoms with Crippen LogP contribution in [-0.2, 0) is 20.8 Å². The molecule has 3 N–H and O–H groups in total. The zero-order chi connectivity index (χ0) is 20.1. The Morgan fingerprint density at radius 3 is 2.21 bits per heavy atom. The molecule has 0 aromatic heterocycles. The van der Waals surface area contributed by atoms with E-state index in [-0.39, 0.29) is 5.91 Å². The van der Waals surface area contributed by atoms with E-state index in [9.17, 15) is 14.4 Å². The summed E-state index contributed by atoms with van der Waals surface area (Å²) >= 11 is 0. The molecule has 2 aromatic carbocycles. The van der Waals surface area contributed by atoms with Crippen molar-refractivity contribution in [3.63, 3.8) is 0 Å². The van der Waals surface area contributed by atoms with Crippen LogP contribution in [0.15, 0.2) is 60.7 Å². The first-order valence-corrected chi connectivity index (χ1v) is 9.17. The maximum Gasteiger partial charge on any atom is 0.322 e. The predicted molar refractivity (Wildman–Crippen MR) is 105 cm³/mol. The highest BCUT2D eigenvalue weighted by Gasteiger charge is 2.50. The Balaban J connectivity index is 1.68. The number of carboxylic acids is 1. The second-order valence-corrected chi connectivity index (χ2v) is 6.71. The van der Waals surface area contributed by atoms with E-state index in [1.165, 1.54) is 4.90 Å². The van der Waals surface area contributed by atoms with Gasteiger partial charge in [0.2, 0.25) is 11.8 Å². The Kier molecular flexibility index (Phi) is 6.06. The first-order chi connectivity index (χ1) is 13.5. The Morgan fingerprint density at radius 2 is 1.64 bits per heavy atom. The third kappa shape index (κ3) is 4.55. The standard InChI is InChI=1S/C21H23N3O4/c1-14(19(25)22-13-12-15-8-4-2-5-9-15)24(16-10-6-3-7-11-16)20(26)17-18(23-17)21(27)28/h2-11,14,17-18,23H,12-13H2,1H3,(H,22,25)(H,27,28)/t14-,17+,18+/m0/s1. The van der Waals surface area contributed by atoms with Crippen LogP contribution in [0.25, 0.3) is 0 Å². The summed E-state index contributed by atoms with van der Waals surface area (Å²) in [5.41, 5.74) is 1.66. The lowest BCUT2D eigenvalue weighted by atomic mass is 10.1. The Bertz CT molecular complexity index is 841. The molecular weight excluding hydrogens is 358 g/mol. The van der Waals surface area contributed by atoms with Crippen LogP contribution < -0.4 is 15.5 Å². The van der Waals surface area contributed by atoms with Gasteiger partial charge in [0.1, 0.15) is 18.1 Å². The summed E-state index contributed by atoms with van der Waals surface area (Å²) in [6.07, 6.45) is 0.684. The number of benzene rings is 2. The molecule has 3 rings (SSSR count). The summed E-state index contributed by atoms with van der Waals surface area (Å²) in [4.78, 5) is 38.0. The lowest BCUT2D eigenvalue weighted by Gasteiger charge is -2.28. The van der Waals surface area contributed by atoms with E-state index >= 15 is 0 Å². The van der Waals surface area contributed by atoms with Crippen LogP contribution in [0.2, 0.25) is 0 Å². The molecular formula is C21H23N3O4. The fourth-order valence-electron chi connectivity index (χ4n) is 3.09. The van der Waals surface area contributed by atoms with E-state index in [0.29, 0.717) is 18.7 Å². The summed E-state index contributed by atoms with van der Waals surface area (Å²) in [6, 6.07) is 16.1. The first kappa shape index (κ1) is 19.6. The van der Waals surface area contributed by atoms with Crippen molar-refractivity contribution in [3.8, 4) is 0 Å². The molecule has 146 valence electrons. The minimum absolute atomic E-state index is 0.291. The molecule has 0 aliphatic carbocycles. The van der Waals surface area contributed by atoms with Gasteiger partial charge in [0.05, 0.1) is 0 Å². The molecule has 3 atom stereocenters. The Morgan fingerprint density at radius 1 is 1.04 bits per heavy atom. The van der Waals surface area contributed by atoms with Crippen molar-refractivity contribution >= 4 is 23.5 Å². The van der Waals surface area contributed by atoms with Gasteiger partial charge in [0, 0.05) is 12.2 Å². The normalized spacial score (nSPS) is 18.8. The number of carbonyl (C=O) groups excluding carboxylic acids is 2. The average molecular weight is 381 g/mol. The van der Waals surface area contributed by atoms with Crippen molar-refractivity contribution in [2.45, 2.75) is 31.5 Å². The van der Waals surface area contributed by atoms with Crippen LogP contribution in [0.4, 0.5) is 5.69 Å². The largest absolute Gasteiger partial charge is 0.480 e. The molecule has 1 fully saturated rings.